The van der Waals surface area contributed by atoms with Gasteiger partial charge in [-0.1, -0.05) is 127 Å². The van der Waals surface area contributed by atoms with Crippen LogP contribution >= 0.6 is 7.14 Å². The molecule has 1 heterocycles. The number of nitrogens with zero attached hydrogens (tertiary/aromatic N) is 1. The zero-order chi connectivity index (χ0) is 27.4. The van der Waals surface area contributed by atoms with Crippen molar-refractivity contribution >= 4 is 66.4 Å². The average Bonchev–Trinajstić information content (AvgIpc) is 3.37. The van der Waals surface area contributed by atoms with Crippen molar-refractivity contribution in [1.29, 1.82) is 0 Å². The maximum atomic E-state index is 15.2. The first-order chi connectivity index (χ1) is 20.2. The lowest BCUT2D eigenvalue weighted by atomic mass is 10.0. The number of benzene rings is 7. The van der Waals surface area contributed by atoms with Crippen molar-refractivity contribution in [1.82, 2.24) is 4.57 Å². The van der Waals surface area contributed by atoms with Crippen molar-refractivity contribution in [3.8, 4) is 5.69 Å². The fourth-order valence-electron chi connectivity index (χ4n) is 6.35. The molecule has 0 aliphatic carbocycles. The van der Waals surface area contributed by atoms with Crippen molar-refractivity contribution in [3.05, 3.63) is 158 Å². The van der Waals surface area contributed by atoms with Gasteiger partial charge < -0.3 is 9.13 Å². The van der Waals surface area contributed by atoms with Gasteiger partial charge in [0.05, 0.1) is 16.7 Å². The second kappa shape index (κ2) is 9.34. The first-order valence-corrected chi connectivity index (χ1v) is 15.6. The van der Waals surface area contributed by atoms with E-state index in [9.17, 15) is 0 Å². The van der Waals surface area contributed by atoms with Gasteiger partial charge in [-0.3, -0.25) is 0 Å². The summed E-state index contributed by atoms with van der Waals surface area (Å²) < 4.78 is 17.6. The SMILES string of the molecule is O=P(c1ccccc1)(c1ccccc1)c1ccc2c(c1)c1ccccc1n2-c1c2ccccc2cc2ccccc12. The van der Waals surface area contributed by atoms with Gasteiger partial charge in [-0.25, -0.2) is 0 Å². The molecule has 0 unspecified atom stereocenters. The monoisotopic (exact) mass is 543 g/mol. The number of hydrogen-bond donors (Lipinski definition) is 0. The summed E-state index contributed by atoms with van der Waals surface area (Å²) in [6.07, 6.45) is 0. The lowest BCUT2D eigenvalue weighted by Crippen LogP contribution is -2.24. The second-order valence-electron chi connectivity index (χ2n) is 10.5. The summed E-state index contributed by atoms with van der Waals surface area (Å²) in [5.74, 6) is 0. The van der Waals surface area contributed by atoms with E-state index >= 15 is 4.57 Å². The topological polar surface area (TPSA) is 22.0 Å². The van der Waals surface area contributed by atoms with Crippen molar-refractivity contribution in [2.45, 2.75) is 0 Å². The van der Waals surface area contributed by atoms with Crippen LogP contribution in [-0.4, -0.2) is 4.57 Å². The third kappa shape index (κ3) is 3.62. The molecule has 41 heavy (non-hydrogen) atoms. The molecular formula is C38H26NOP. The van der Waals surface area contributed by atoms with E-state index in [1.807, 2.05) is 60.7 Å². The molecule has 8 rings (SSSR count). The Labute approximate surface area is 238 Å². The Morgan fingerprint density at radius 3 is 1.49 bits per heavy atom. The van der Waals surface area contributed by atoms with Gasteiger partial charge in [0, 0.05) is 37.5 Å². The largest absolute Gasteiger partial charge is 0.309 e. The van der Waals surface area contributed by atoms with Gasteiger partial charge >= 0.3 is 0 Å². The van der Waals surface area contributed by atoms with Gasteiger partial charge in [0.2, 0.25) is 0 Å². The van der Waals surface area contributed by atoms with Crippen LogP contribution < -0.4 is 15.9 Å². The van der Waals surface area contributed by atoms with Crippen LogP contribution in [0.1, 0.15) is 0 Å². The van der Waals surface area contributed by atoms with Gasteiger partial charge in [0.15, 0.2) is 7.14 Å². The van der Waals surface area contributed by atoms with Gasteiger partial charge in [0.1, 0.15) is 0 Å². The Bertz CT molecular complexity index is 2190. The van der Waals surface area contributed by atoms with Crippen LogP contribution in [0.5, 0.6) is 0 Å². The van der Waals surface area contributed by atoms with Crippen LogP contribution in [0.4, 0.5) is 0 Å². The Morgan fingerprint density at radius 1 is 0.390 bits per heavy atom. The quantitative estimate of drug-likeness (QED) is 0.161. The first kappa shape index (κ1) is 23.9. The van der Waals surface area contributed by atoms with Gasteiger partial charge in [0.25, 0.3) is 0 Å². The molecule has 1 aromatic heterocycles. The molecule has 0 saturated carbocycles. The molecule has 7 aromatic carbocycles. The zero-order valence-electron chi connectivity index (χ0n) is 22.3. The van der Waals surface area contributed by atoms with Gasteiger partial charge in [-0.05, 0) is 41.1 Å². The molecule has 2 nitrogen and oxygen atoms in total. The lowest BCUT2D eigenvalue weighted by Gasteiger charge is -2.20. The van der Waals surface area contributed by atoms with E-state index in [1.165, 1.54) is 27.2 Å². The summed E-state index contributed by atoms with van der Waals surface area (Å²) in [5, 5.41) is 9.60. The maximum absolute atomic E-state index is 15.2. The molecule has 0 saturated heterocycles. The number of rotatable bonds is 4. The normalized spacial score (nSPS) is 12.0. The highest BCUT2D eigenvalue weighted by molar-refractivity contribution is 7.85. The van der Waals surface area contributed by atoms with Crippen molar-refractivity contribution < 1.29 is 4.57 Å². The minimum Gasteiger partial charge on any atom is -0.309 e. The predicted molar refractivity (Wildman–Crippen MR) is 175 cm³/mol. The Balaban J connectivity index is 1.49. The third-order valence-electron chi connectivity index (χ3n) is 8.23. The van der Waals surface area contributed by atoms with Crippen molar-refractivity contribution in [2.75, 3.05) is 0 Å². The number of hydrogen-bond acceptors (Lipinski definition) is 1. The molecule has 0 N–H and O–H groups in total. The van der Waals surface area contributed by atoms with E-state index in [0.717, 1.165) is 37.7 Å². The van der Waals surface area contributed by atoms with Crippen LogP contribution in [0.3, 0.4) is 0 Å². The molecule has 0 aliphatic rings. The Kier molecular flexibility index (Phi) is 5.45. The summed E-state index contributed by atoms with van der Waals surface area (Å²) >= 11 is 0. The smallest absolute Gasteiger partial charge is 0.171 e. The molecule has 0 atom stereocenters. The van der Waals surface area contributed by atoms with E-state index in [0.29, 0.717) is 0 Å². The summed E-state index contributed by atoms with van der Waals surface area (Å²) in [5.41, 5.74) is 3.41. The molecule has 0 spiro atoms. The molecule has 0 fully saturated rings. The van der Waals surface area contributed by atoms with Crippen LogP contribution in [0.25, 0.3) is 49.0 Å². The van der Waals surface area contributed by atoms with E-state index in [-0.39, 0.29) is 0 Å². The highest BCUT2D eigenvalue weighted by Gasteiger charge is 2.30. The number of aromatic nitrogens is 1. The molecule has 0 aliphatic heterocycles. The third-order valence-corrected chi connectivity index (χ3v) is 11.3. The molecule has 0 radical (unpaired) electrons. The average molecular weight is 544 g/mol. The Hall–Kier alpha value is -4.91. The van der Waals surface area contributed by atoms with E-state index in [1.54, 1.807) is 0 Å². The van der Waals surface area contributed by atoms with E-state index < -0.39 is 7.14 Å². The minimum atomic E-state index is -3.11. The molecule has 0 bridgehead atoms. The molecule has 0 amide bonds. The highest BCUT2D eigenvalue weighted by atomic mass is 31.2. The summed E-state index contributed by atoms with van der Waals surface area (Å²) in [7, 11) is -3.11. The summed E-state index contributed by atoms with van der Waals surface area (Å²) in [6, 6.07) is 54.3. The first-order valence-electron chi connectivity index (χ1n) is 13.9. The number of fused-ring (bicyclic) bond motifs is 5. The highest BCUT2D eigenvalue weighted by Crippen LogP contribution is 2.44. The fourth-order valence-corrected chi connectivity index (χ4v) is 9.03. The lowest BCUT2D eigenvalue weighted by molar-refractivity contribution is 0.592. The van der Waals surface area contributed by atoms with E-state index in [2.05, 4.69) is 102 Å². The molecule has 194 valence electrons. The fraction of sp³-hybridized carbons (Fsp3) is 0. The minimum absolute atomic E-state index is 0.841. The van der Waals surface area contributed by atoms with Crippen molar-refractivity contribution in [2.24, 2.45) is 0 Å². The Morgan fingerprint density at radius 2 is 0.878 bits per heavy atom. The van der Waals surface area contributed by atoms with Crippen LogP contribution in [-0.2, 0) is 4.57 Å². The standard InChI is InChI=1S/C38H26NOP/c40-41(29-15-3-1-4-16-29,30-17-5-2-6-18-30)31-23-24-37-35(26-31)34-21-11-12-22-36(34)39(37)38-32-19-9-7-13-27(32)25-28-14-8-10-20-33(28)38/h1-26H. The molecule has 3 heteroatoms. The predicted octanol–water partition coefficient (Wildman–Crippen LogP) is 8.73. The molecule has 8 aromatic rings. The second-order valence-corrected chi connectivity index (χ2v) is 13.3. The number of para-hydroxylation sites is 1. The summed E-state index contributed by atoms with van der Waals surface area (Å²) in [4.78, 5) is 0. The maximum Gasteiger partial charge on any atom is 0.171 e. The van der Waals surface area contributed by atoms with Crippen LogP contribution in [0, 0.1) is 0 Å². The zero-order valence-corrected chi connectivity index (χ0v) is 23.2. The van der Waals surface area contributed by atoms with Gasteiger partial charge in [-0.2, -0.15) is 0 Å². The summed E-state index contributed by atoms with van der Waals surface area (Å²) in [6.45, 7) is 0. The van der Waals surface area contributed by atoms with E-state index in [4.69, 9.17) is 0 Å². The van der Waals surface area contributed by atoms with Crippen molar-refractivity contribution in [3.63, 3.8) is 0 Å². The molecular weight excluding hydrogens is 517 g/mol. The van der Waals surface area contributed by atoms with Crippen LogP contribution in [0.15, 0.2) is 158 Å². The van der Waals surface area contributed by atoms with Crippen LogP contribution in [0.2, 0.25) is 0 Å². The van der Waals surface area contributed by atoms with Gasteiger partial charge in [-0.15, -0.1) is 0 Å².